The van der Waals surface area contributed by atoms with Crippen LogP contribution in [-0.4, -0.2) is 14.3 Å². The number of sulfonamides is 1. The Labute approximate surface area is 135 Å². The normalized spacial score (nSPS) is 11.3. The molecule has 3 rings (SSSR count). The molecule has 0 saturated carbocycles. The maximum Gasteiger partial charge on any atom is 0.265 e. The lowest BCUT2D eigenvalue weighted by Crippen LogP contribution is -2.30. The number of fused-ring (bicyclic) bond motifs is 1. The molecule has 5 heteroatoms. The molecule has 2 aliphatic rings. The van der Waals surface area contributed by atoms with Gasteiger partial charge in [-0.3, -0.25) is 4.79 Å². The summed E-state index contributed by atoms with van der Waals surface area (Å²) in [7, 11) is -3.89. The minimum Gasteiger partial charge on any atom is -0.268 e. The van der Waals surface area contributed by atoms with E-state index in [4.69, 9.17) is 0 Å². The molecule has 0 aromatic heterocycles. The Morgan fingerprint density at radius 2 is 1.57 bits per heavy atom. The molecule has 0 radical (unpaired) electrons. The lowest BCUT2D eigenvalue weighted by Gasteiger charge is -2.07. The lowest BCUT2D eigenvalue weighted by atomic mass is 10.1. The summed E-state index contributed by atoms with van der Waals surface area (Å²) in [5.74, 6) is -0.633. The zero-order chi connectivity index (χ0) is 16.4. The van der Waals surface area contributed by atoms with Crippen LogP contribution in [0.5, 0.6) is 0 Å². The van der Waals surface area contributed by atoms with Gasteiger partial charge in [-0.1, -0.05) is 54.1 Å². The first-order valence-corrected chi connectivity index (χ1v) is 8.57. The summed E-state index contributed by atoms with van der Waals surface area (Å²) in [6.07, 6.45) is 0. The predicted octanol–water partition coefficient (Wildman–Crippen LogP) is 3.22. The molecule has 1 aromatic rings. The summed E-state index contributed by atoms with van der Waals surface area (Å²) in [5.41, 5.74) is 2.89. The molecule has 1 amide bonds. The summed E-state index contributed by atoms with van der Waals surface area (Å²) < 4.78 is 26.8. The van der Waals surface area contributed by atoms with Crippen LogP contribution in [0.3, 0.4) is 0 Å². The van der Waals surface area contributed by atoms with Crippen molar-refractivity contribution in [1.82, 2.24) is 4.72 Å². The molecule has 0 aliphatic heterocycles. The van der Waals surface area contributed by atoms with Crippen molar-refractivity contribution in [3.63, 3.8) is 0 Å². The van der Waals surface area contributed by atoms with Crippen molar-refractivity contribution in [3.05, 3.63) is 77.9 Å². The van der Waals surface area contributed by atoms with Crippen LogP contribution in [0.4, 0.5) is 0 Å². The van der Waals surface area contributed by atoms with Gasteiger partial charge in [0.25, 0.3) is 15.9 Å². The Morgan fingerprint density at radius 1 is 0.870 bits per heavy atom. The first-order valence-electron chi connectivity index (χ1n) is 7.09. The number of aryl methyl sites for hydroxylation is 1. The average molecular weight is 325 g/mol. The first-order chi connectivity index (χ1) is 11.0. The van der Waals surface area contributed by atoms with Gasteiger partial charge in [0.1, 0.15) is 0 Å². The zero-order valence-electron chi connectivity index (χ0n) is 12.5. The molecule has 0 heterocycles. The first kappa shape index (κ1) is 15.2. The van der Waals surface area contributed by atoms with E-state index in [9.17, 15) is 13.2 Å². The molecular formula is C18H15NO3S. The fourth-order valence-corrected chi connectivity index (χ4v) is 3.33. The molecule has 4 nitrogen and oxygen atoms in total. The third kappa shape index (κ3) is 3.10. The molecule has 0 atom stereocenters. The maximum atomic E-state index is 12.4. The molecule has 0 bridgehead atoms. The molecule has 0 fully saturated rings. The second-order valence-corrected chi connectivity index (χ2v) is 6.96. The van der Waals surface area contributed by atoms with Gasteiger partial charge in [0.2, 0.25) is 0 Å². The number of hydrogen-bond donors (Lipinski definition) is 1. The average Bonchev–Trinajstić information content (AvgIpc) is 2.76. The Bertz CT molecular complexity index is 931. The van der Waals surface area contributed by atoms with E-state index in [0.717, 1.165) is 11.1 Å². The molecule has 2 aliphatic carbocycles. The third-order valence-corrected chi connectivity index (χ3v) is 4.94. The summed E-state index contributed by atoms with van der Waals surface area (Å²) >= 11 is 0. The van der Waals surface area contributed by atoms with Crippen molar-refractivity contribution in [1.29, 1.82) is 0 Å². The SMILES string of the molecule is Cc1ccc(S(=O)(=O)NC(=O)c2ccc3cccccc2-3)cc1. The molecule has 0 spiro atoms. The van der Waals surface area contributed by atoms with Crippen LogP contribution in [0.15, 0.2) is 71.6 Å². The fourth-order valence-electron chi connectivity index (χ4n) is 2.37. The molecular weight excluding hydrogens is 310 g/mol. The highest BCUT2D eigenvalue weighted by molar-refractivity contribution is 7.90. The number of hydrogen-bond acceptors (Lipinski definition) is 3. The van der Waals surface area contributed by atoms with Crippen molar-refractivity contribution < 1.29 is 13.2 Å². The van der Waals surface area contributed by atoms with E-state index in [2.05, 4.69) is 4.72 Å². The monoisotopic (exact) mass is 325 g/mol. The number of nitrogens with one attached hydrogen (secondary N) is 1. The van der Waals surface area contributed by atoms with Crippen LogP contribution in [0.25, 0.3) is 11.1 Å². The van der Waals surface area contributed by atoms with E-state index in [1.54, 1.807) is 30.3 Å². The fraction of sp³-hybridized carbons (Fsp3) is 0.0556. The lowest BCUT2D eigenvalue weighted by molar-refractivity contribution is 0.0982. The van der Waals surface area contributed by atoms with Crippen LogP contribution in [0.2, 0.25) is 0 Å². The minimum absolute atomic E-state index is 0.0675. The third-order valence-electron chi connectivity index (χ3n) is 3.59. The van der Waals surface area contributed by atoms with E-state index in [1.165, 1.54) is 12.1 Å². The van der Waals surface area contributed by atoms with E-state index >= 15 is 0 Å². The van der Waals surface area contributed by atoms with Crippen LogP contribution < -0.4 is 4.72 Å². The molecule has 0 saturated heterocycles. The Morgan fingerprint density at radius 3 is 2.30 bits per heavy atom. The second kappa shape index (κ2) is 5.85. The van der Waals surface area contributed by atoms with Crippen LogP contribution in [0, 0.1) is 6.92 Å². The topological polar surface area (TPSA) is 63.2 Å². The van der Waals surface area contributed by atoms with Crippen molar-refractivity contribution in [3.8, 4) is 11.1 Å². The Kier molecular flexibility index (Phi) is 3.88. The van der Waals surface area contributed by atoms with Gasteiger partial charge in [-0.2, -0.15) is 0 Å². The van der Waals surface area contributed by atoms with Gasteiger partial charge in [0, 0.05) is 5.56 Å². The zero-order valence-corrected chi connectivity index (χ0v) is 13.3. The molecule has 0 unspecified atom stereocenters. The summed E-state index contributed by atoms with van der Waals surface area (Å²) in [6.45, 7) is 1.87. The molecule has 116 valence electrons. The van der Waals surface area contributed by atoms with Gasteiger partial charge in [0.15, 0.2) is 0 Å². The standard InChI is InChI=1S/C18H15NO3S/c1-13-7-10-15(11-8-13)23(21,22)19-18(20)17-12-9-14-5-3-2-4-6-16(14)17/h2-12H,1H3,(H,19,20). The number of amides is 1. The number of benzene rings is 1. The molecule has 1 aromatic carbocycles. The highest BCUT2D eigenvalue weighted by atomic mass is 32.2. The number of carbonyl (C=O) groups excluding carboxylic acids is 1. The van der Waals surface area contributed by atoms with Gasteiger partial charge in [-0.15, -0.1) is 0 Å². The maximum absolute atomic E-state index is 12.4. The highest BCUT2D eigenvalue weighted by Gasteiger charge is 2.21. The van der Waals surface area contributed by atoms with Gasteiger partial charge in [-0.05, 0) is 36.2 Å². The van der Waals surface area contributed by atoms with Crippen LogP contribution >= 0.6 is 0 Å². The summed E-state index contributed by atoms with van der Waals surface area (Å²) in [5, 5.41) is 0. The van der Waals surface area contributed by atoms with Gasteiger partial charge in [0.05, 0.1) is 4.90 Å². The van der Waals surface area contributed by atoms with Crippen molar-refractivity contribution >= 4 is 15.9 Å². The van der Waals surface area contributed by atoms with Crippen LogP contribution in [0.1, 0.15) is 15.9 Å². The van der Waals surface area contributed by atoms with Gasteiger partial charge in [-0.25, -0.2) is 13.1 Å². The quantitative estimate of drug-likeness (QED) is 0.804. The van der Waals surface area contributed by atoms with E-state index in [0.29, 0.717) is 11.1 Å². The summed E-state index contributed by atoms with van der Waals surface area (Å²) in [4.78, 5) is 12.5. The minimum atomic E-state index is -3.89. The van der Waals surface area contributed by atoms with E-state index in [1.807, 2.05) is 31.2 Å². The second-order valence-electron chi connectivity index (χ2n) is 5.27. The van der Waals surface area contributed by atoms with Crippen molar-refractivity contribution in [2.24, 2.45) is 0 Å². The van der Waals surface area contributed by atoms with E-state index in [-0.39, 0.29) is 4.90 Å². The van der Waals surface area contributed by atoms with Crippen LogP contribution in [-0.2, 0) is 10.0 Å². The summed E-state index contributed by atoms with van der Waals surface area (Å²) in [6, 6.07) is 19.0. The largest absolute Gasteiger partial charge is 0.268 e. The number of carbonyl (C=O) groups is 1. The van der Waals surface area contributed by atoms with E-state index < -0.39 is 15.9 Å². The number of rotatable bonds is 3. The molecule has 1 N–H and O–H groups in total. The van der Waals surface area contributed by atoms with Gasteiger partial charge >= 0.3 is 0 Å². The van der Waals surface area contributed by atoms with Crippen molar-refractivity contribution in [2.45, 2.75) is 11.8 Å². The molecule has 23 heavy (non-hydrogen) atoms. The highest BCUT2D eigenvalue weighted by Crippen LogP contribution is 2.27. The van der Waals surface area contributed by atoms with Crippen molar-refractivity contribution in [2.75, 3.05) is 0 Å². The Hall–Kier alpha value is -2.66. The predicted molar refractivity (Wildman–Crippen MR) is 88.9 cm³/mol. The smallest absolute Gasteiger partial charge is 0.265 e. The van der Waals surface area contributed by atoms with Gasteiger partial charge < -0.3 is 0 Å². The Balaban J connectivity index is 1.91.